The van der Waals surface area contributed by atoms with Gasteiger partial charge in [0, 0.05) is 18.1 Å². The van der Waals surface area contributed by atoms with Crippen LogP contribution in [0.4, 0.5) is 0 Å². The second kappa shape index (κ2) is 10.9. The van der Waals surface area contributed by atoms with Crippen molar-refractivity contribution in [1.82, 2.24) is 10.2 Å². The average molecular weight is 417 g/mol. The third-order valence-corrected chi connectivity index (χ3v) is 5.28. The molecule has 0 aliphatic rings. The molecular formula is C23H29ClN2O3. The Morgan fingerprint density at radius 2 is 1.76 bits per heavy atom. The summed E-state index contributed by atoms with van der Waals surface area (Å²) in [4.78, 5) is 27.0. The molecule has 1 unspecified atom stereocenters. The van der Waals surface area contributed by atoms with E-state index in [0.29, 0.717) is 23.9 Å². The summed E-state index contributed by atoms with van der Waals surface area (Å²) >= 11 is 6.20. The molecule has 0 aliphatic heterocycles. The first kappa shape index (κ1) is 22.8. The van der Waals surface area contributed by atoms with E-state index >= 15 is 0 Å². The maximum Gasteiger partial charge on any atom is 0.261 e. The molecule has 6 heteroatoms. The highest BCUT2D eigenvalue weighted by Gasteiger charge is 2.26. The monoisotopic (exact) mass is 416 g/mol. The zero-order valence-electron chi connectivity index (χ0n) is 17.5. The van der Waals surface area contributed by atoms with E-state index < -0.39 is 6.04 Å². The van der Waals surface area contributed by atoms with Gasteiger partial charge in [-0.15, -0.1) is 0 Å². The Kier molecular flexibility index (Phi) is 8.52. The Hall–Kier alpha value is -2.53. The normalized spacial score (nSPS) is 11.6. The van der Waals surface area contributed by atoms with Crippen LogP contribution in [-0.4, -0.2) is 35.9 Å². The quantitative estimate of drug-likeness (QED) is 0.663. The number of halogens is 1. The number of nitrogens with one attached hydrogen (secondary N) is 1. The summed E-state index contributed by atoms with van der Waals surface area (Å²) < 4.78 is 5.73. The summed E-state index contributed by atoms with van der Waals surface area (Å²) in [5.74, 6) is 0.160. The fourth-order valence-electron chi connectivity index (χ4n) is 2.98. The Balaban J connectivity index is 2.13. The van der Waals surface area contributed by atoms with Crippen LogP contribution in [0.1, 0.15) is 37.0 Å². The summed E-state index contributed by atoms with van der Waals surface area (Å²) in [6.45, 7) is 8.28. The number of rotatable bonds is 9. The number of aryl methyl sites for hydroxylation is 2. The van der Waals surface area contributed by atoms with Crippen LogP contribution in [0.25, 0.3) is 0 Å². The first-order valence-electron chi connectivity index (χ1n) is 9.84. The minimum absolute atomic E-state index is 0.154. The van der Waals surface area contributed by atoms with E-state index in [1.165, 1.54) is 0 Å². The van der Waals surface area contributed by atoms with Crippen molar-refractivity contribution in [3.8, 4) is 5.75 Å². The van der Waals surface area contributed by atoms with Crippen LogP contribution >= 0.6 is 11.6 Å². The molecule has 2 aromatic rings. The number of carbonyl (C=O) groups is 2. The molecule has 5 nitrogen and oxygen atoms in total. The SMILES string of the molecule is CCCNC(=O)C(C)N(Cc1ccccc1)C(=O)COc1cc(C)c(Cl)c(C)c1. The molecule has 156 valence electrons. The molecule has 0 radical (unpaired) electrons. The molecule has 2 rings (SSSR count). The van der Waals surface area contributed by atoms with Crippen molar-refractivity contribution in [3.63, 3.8) is 0 Å². The predicted molar refractivity (Wildman–Crippen MR) is 116 cm³/mol. The third-order valence-electron chi connectivity index (χ3n) is 4.68. The zero-order chi connectivity index (χ0) is 21.4. The molecular weight excluding hydrogens is 388 g/mol. The molecule has 0 bridgehead atoms. The van der Waals surface area contributed by atoms with Crippen molar-refractivity contribution in [1.29, 1.82) is 0 Å². The minimum Gasteiger partial charge on any atom is -0.484 e. The van der Waals surface area contributed by atoms with E-state index in [9.17, 15) is 9.59 Å². The first-order chi connectivity index (χ1) is 13.8. The van der Waals surface area contributed by atoms with Crippen LogP contribution in [0, 0.1) is 13.8 Å². The Labute approximate surface area is 178 Å². The molecule has 0 heterocycles. The molecule has 0 saturated carbocycles. The number of amides is 2. The van der Waals surface area contributed by atoms with Crippen molar-refractivity contribution >= 4 is 23.4 Å². The van der Waals surface area contributed by atoms with Crippen LogP contribution in [0.15, 0.2) is 42.5 Å². The fraction of sp³-hybridized carbons (Fsp3) is 0.391. The van der Waals surface area contributed by atoms with Crippen molar-refractivity contribution in [2.45, 2.75) is 46.7 Å². The summed E-state index contributed by atoms with van der Waals surface area (Å²) in [6, 6.07) is 12.6. The van der Waals surface area contributed by atoms with Gasteiger partial charge in [0.25, 0.3) is 5.91 Å². The van der Waals surface area contributed by atoms with Crippen LogP contribution in [0.2, 0.25) is 5.02 Å². The molecule has 0 aliphatic carbocycles. The summed E-state index contributed by atoms with van der Waals surface area (Å²) in [5.41, 5.74) is 2.74. The highest BCUT2D eigenvalue weighted by molar-refractivity contribution is 6.32. The lowest BCUT2D eigenvalue weighted by Gasteiger charge is -2.28. The summed E-state index contributed by atoms with van der Waals surface area (Å²) in [7, 11) is 0. The van der Waals surface area contributed by atoms with E-state index in [2.05, 4.69) is 5.32 Å². The van der Waals surface area contributed by atoms with Gasteiger partial charge in [-0.05, 0) is 56.0 Å². The minimum atomic E-state index is -0.605. The average Bonchev–Trinajstić information content (AvgIpc) is 2.72. The third kappa shape index (κ3) is 6.50. The van der Waals surface area contributed by atoms with Crippen LogP contribution < -0.4 is 10.1 Å². The van der Waals surface area contributed by atoms with Crippen molar-refractivity contribution in [3.05, 3.63) is 64.2 Å². The van der Waals surface area contributed by atoms with Gasteiger partial charge in [0.15, 0.2) is 6.61 Å². The van der Waals surface area contributed by atoms with Crippen molar-refractivity contribution < 1.29 is 14.3 Å². The fourth-order valence-corrected chi connectivity index (χ4v) is 3.09. The van der Waals surface area contributed by atoms with E-state index in [1.807, 2.05) is 63.2 Å². The maximum absolute atomic E-state index is 13.0. The molecule has 1 atom stereocenters. The van der Waals surface area contributed by atoms with Gasteiger partial charge in [-0.1, -0.05) is 48.9 Å². The molecule has 0 fully saturated rings. The maximum atomic E-state index is 13.0. The zero-order valence-corrected chi connectivity index (χ0v) is 18.3. The van der Waals surface area contributed by atoms with E-state index in [-0.39, 0.29) is 18.4 Å². The molecule has 2 aromatic carbocycles. The number of nitrogens with zero attached hydrogens (tertiary/aromatic N) is 1. The van der Waals surface area contributed by atoms with E-state index in [0.717, 1.165) is 23.1 Å². The molecule has 0 saturated heterocycles. The van der Waals surface area contributed by atoms with Gasteiger partial charge in [0.05, 0.1) is 0 Å². The lowest BCUT2D eigenvalue weighted by Crippen LogP contribution is -2.49. The molecule has 0 spiro atoms. The standard InChI is InChI=1S/C23H29ClN2O3/c1-5-11-25-23(28)18(4)26(14-19-9-7-6-8-10-19)21(27)15-29-20-12-16(2)22(24)17(3)13-20/h6-10,12-13,18H,5,11,14-15H2,1-4H3,(H,25,28). The number of benzene rings is 2. The van der Waals surface area contributed by atoms with E-state index in [1.54, 1.807) is 11.8 Å². The summed E-state index contributed by atoms with van der Waals surface area (Å²) in [6.07, 6.45) is 0.837. The highest BCUT2D eigenvalue weighted by atomic mass is 35.5. The van der Waals surface area contributed by atoms with Crippen LogP contribution in [-0.2, 0) is 16.1 Å². The van der Waals surface area contributed by atoms with Crippen molar-refractivity contribution in [2.24, 2.45) is 0 Å². The highest BCUT2D eigenvalue weighted by Crippen LogP contribution is 2.26. The molecule has 0 aromatic heterocycles. The topological polar surface area (TPSA) is 58.6 Å². The second-order valence-corrected chi connectivity index (χ2v) is 7.51. The van der Waals surface area contributed by atoms with Gasteiger partial charge in [-0.3, -0.25) is 9.59 Å². The molecule has 2 amide bonds. The van der Waals surface area contributed by atoms with Crippen LogP contribution in [0.5, 0.6) is 5.75 Å². The molecule has 1 N–H and O–H groups in total. The second-order valence-electron chi connectivity index (χ2n) is 7.13. The lowest BCUT2D eigenvalue weighted by atomic mass is 10.1. The first-order valence-corrected chi connectivity index (χ1v) is 10.2. The summed E-state index contributed by atoms with van der Waals surface area (Å²) in [5, 5.41) is 3.55. The number of carbonyl (C=O) groups excluding carboxylic acids is 2. The number of hydrogen-bond donors (Lipinski definition) is 1. The van der Waals surface area contributed by atoms with Gasteiger partial charge >= 0.3 is 0 Å². The Morgan fingerprint density at radius 3 is 2.34 bits per heavy atom. The van der Waals surface area contributed by atoms with Gasteiger partial charge in [0.1, 0.15) is 11.8 Å². The van der Waals surface area contributed by atoms with Crippen molar-refractivity contribution in [2.75, 3.05) is 13.2 Å². The van der Waals surface area contributed by atoms with Gasteiger partial charge in [0.2, 0.25) is 5.91 Å². The van der Waals surface area contributed by atoms with Crippen LogP contribution in [0.3, 0.4) is 0 Å². The predicted octanol–water partition coefficient (Wildman–Crippen LogP) is 4.28. The lowest BCUT2D eigenvalue weighted by molar-refractivity contribution is -0.142. The van der Waals surface area contributed by atoms with Gasteiger partial charge in [-0.2, -0.15) is 0 Å². The van der Waals surface area contributed by atoms with E-state index in [4.69, 9.17) is 16.3 Å². The number of ether oxygens (including phenoxy) is 1. The Morgan fingerprint density at radius 1 is 1.14 bits per heavy atom. The number of hydrogen-bond acceptors (Lipinski definition) is 3. The smallest absolute Gasteiger partial charge is 0.261 e. The Bertz CT molecular complexity index is 816. The van der Waals surface area contributed by atoms with Gasteiger partial charge in [-0.25, -0.2) is 0 Å². The van der Waals surface area contributed by atoms with Gasteiger partial charge < -0.3 is 15.0 Å². The molecule has 29 heavy (non-hydrogen) atoms. The largest absolute Gasteiger partial charge is 0.484 e.